The van der Waals surface area contributed by atoms with Gasteiger partial charge < -0.3 is 9.64 Å². The molecule has 0 aromatic heterocycles. The minimum atomic E-state index is -0.608. The summed E-state index contributed by atoms with van der Waals surface area (Å²) < 4.78 is 5.10. The molecule has 0 aliphatic carbocycles. The summed E-state index contributed by atoms with van der Waals surface area (Å²) in [5, 5.41) is 0. The van der Waals surface area contributed by atoms with E-state index in [9.17, 15) is 9.59 Å². The van der Waals surface area contributed by atoms with Crippen molar-refractivity contribution in [2.45, 2.75) is 39.3 Å². The maximum atomic E-state index is 12.8. The Kier molecular flexibility index (Phi) is 7.20. The Morgan fingerprint density at radius 1 is 0.960 bits per heavy atom. The number of hydrogen-bond donors (Lipinski definition) is 0. The zero-order chi connectivity index (χ0) is 18.1. The van der Waals surface area contributed by atoms with E-state index in [2.05, 4.69) is 0 Å². The highest BCUT2D eigenvalue weighted by Gasteiger charge is 2.26. The Labute approximate surface area is 149 Å². The Morgan fingerprint density at radius 3 is 2.08 bits per heavy atom. The number of hydrogen-bond acceptors (Lipinski definition) is 3. The van der Waals surface area contributed by atoms with Crippen LogP contribution in [-0.4, -0.2) is 29.4 Å². The largest absolute Gasteiger partial charge is 0.464 e. The summed E-state index contributed by atoms with van der Waals surface area (Å²) in [7, 11) is 0. The number of nitrogens with zero attached hydrogens (tertiary/aromatic N) is 1. The number of benzene rings is 2. The Balaban J connectivity index is 2.09. The van der Waals surface area contributed by atoms with E-state index >= 15 is 0 Å². The number of ether oxygens (including phenoxy) is 1. The smallest absolute Gasteiger partial charge is 0.328 e. The molecular weight excluding hydrogens is 314 g/mol. The van der Waals surface area contributed by atoms with Crippen LogP contribution in [0.2, 0.25) is 0 Å². The monoisotopic (exact) mass is 339 g/mol. The van der Waals surface area contributed by atoms with Crippen molar-refractivity contribution >= 4 is 11.9 Å². The van der Waals surface area contributed by atoms with Gasteiger partial charge >= 0.3 is 5.97 Å². The third-order valence-electron chi connectivity index (χ3n) is 4.08. The molecule has 0 spiro atoms. The minimum absolute atomic E-state index is 0.0479. The number of rotatable bonds is 8. The van der Waals surface area contributed by atoms with E-state index in [1.165, 1.54) is 0 Å². The fourth-order valence-electron chi connectivity index (χ4n) is 2.65. The molecule has 0 aliphatic rings. The molecule has 0 heterocycles. The van der Waals surface area contributed by atoms with Gasteiger partial charge in [-0.2, -0.15) is 0 Å². The molecule has 1 atom stereocenters. The number of carbonyl (C=O) groups excluding carboxylic acids is 2. The molecule has 2 aromatic rings. The van der Waals surface area contributed by atoms with Gasteiger partial charge in [-0.3, -0.25) is 4.79 Å². The van der Waals surface area contributed by atoms with Crippen molar-refractivity contribution in [2.24, 2.45) is 0 Å². The van der Waals surface area contributed by atoms with Crippen LogP contribution in [0.1, 0.15) is 31.4 Å². The van der Waals surface area contributed by atoms with E-state index in [-0.39, 0.29) is 11.9 Å². The van der Waals surface area contributed by atoms with Gasteiger partial charge in [0.15, 0.2) is 0 Å². The lowest BCUT2D eigenvalue weighted by Crippen LogP contribution is -2.43. The van der Waals surface area contributed by atoms with Crippen molar-refractivity contribution in [2.75, 3.05) is 6.61 Å². The molecule has 0 fully saturated rings. The molecule has 0 saturated carbocycles. The van der Waals surface area contributed by atoms with Gasteiger partial charge in [0.2, 0.25) is 5.91 Å². The van der Waals surface area contributed by atoms with Gasteiger partial charge in [0.25, 0.3) is 0 Å². The van der Waals surface area contributed by atoms with Crippen molar-refractivity contribution in [1.29, 1.82) is 0 Å². The Hall–Kier alpha value is -2.62. The van der Waals surface area contributed by atoms with Gasteiger partial charge in [-0.25, -0.2) is 4.79 Å². The van der Waals surface area contributed by atoms with Crippen LogP contribution < -0.4 is 0 Å². The number of amides is 1. The average Bonchev–Trinajstić information content (AvgIpc) is 2.65. The summed E-state index contributed by atoms with van der Waals surface area (Å²) in [5.74, 6) is -0.417. The molecule has 0 radical (unpaired) electrons. The molecule has 1 unspecified atom stereocenters. The second-order valence-electron chi connectivity index (χ2n) is 5.92. The SMILES string of the molecule is CCOC(=O)C(C)N(Cc1ccccc1)C(=O)CCc1ccccc1. The molecule has 4 nitrogen and oxygen atoms in total. The number of carbonyl (C=O) groups is 2. The lowest BCUT2D eigenvalue weighted by molar-refractivity contribution is -0.154. The van der Waals surface area contributed by atoms with Gasteiger partial charge in [0.1, 0.15) is 6.04 Å². The van der Waals surface area contributed by atoms with Crippen molar-refractivity contribution in [3.8, 4) is 0 Å². The molecule has 0 aliphatic heterocycles. The van der Waals surface area contributed by atoms with Crippen LogP contribution in [0.25, 0.3) is 0 Å². The first-order valence-corrected chi connectivity index (χ1v) is 8.65. The van der Waals surface area contributed by atoms with Crippen molar-refractivity contribution in [1.82, 2.24) is 4.90 Å². The van der Waals surface area contributed by atoms with Gasteiger partial charge in [0, 0.05) is 13.0 Å². The lowest BCUT2D eigenvalue weighted by atomic mass is 10.1. The third-order valence-corrected chi connectivity index (χ3v) is 4.08. The van der Waals surface area contributed by atoms with Crippen LogP contribution >= 0.6 is 0 Å². The first-order chi connectivity index (χ1) is 12.1. The molecule has 4 heteroatoms. The summed E-state index contributed by atoms with van der Waals surface area (Å²) in [5.41, 5.74) is 2.10. The van der Waals surface area contributed by atoms with Crippen LogP contribution in [0.5, 0.6) is 0 Å². The molecule has 0 bridgehead atoms. The summed E-state index contributed by atoms with van der Waals surface area (Å²) in [6.45, 7) is 4.19. The Bertz CT molecular complexity index is 670. The minimum Gasteiger partial charge on any atom is -0.464 e. The predicted octanol–water partition coefficient (Wildman–Crippen LogP) is 3.60. The van der Waals surface area contributed by atoms with Crippen LogP contribution in [0.3, 0.4) is 0 Å². The Morgan fingerprint density at radius 2 is 1.52 bits per heavy atom. The molecule has 0 N–H and O–H groups in total. The molecule has 2 aromatic carbocycles. The van der Waals surface area contributed by atoms with E-state index in [0.717, 1.165) is 11.1 Å². The standard InChI is InChI=1S/C21H25NO3/c1-3-25-21(24)17(2)22(16-19-12-8-5-9-13-19)20(23)15-14-18-10-6-4-7-11-18/h4-13,17H,3,14-16H2,1-2H3. The van der Waals surface area contributed by atoms with E-state index in [1.807, 2.05) is 60.7 Å². The first kappa shape index (κ1) is 18.7. The summed E-state index contributed by atoms with van der Waals surface area (Å²) in [6, 6.07) is 19.0. The van der Waals surface area contributed by atoms with Crippen LogP contribution in [0.4, 0.5) is 0 Å². The highest BCUT2D eigenvalue weighted by Crippen LogP contribution is 2.13. The predicted molar refractivity (Wildman–Crippen MR) is 97.9 cm³/mol. The maximum absolute atomic E-state index is 12.8. The van der Waals surface area contributed by atoms with Gasteiger partial charge in [-0.1, -0.05) is 60.7 Å². The van der Waals surface area contributed by atoms with E-state index in [4.69, 9.17) is 4.74 Å². The zero-order valence-electron chi connectivity index (χ0n) is 14.9. The topological polar surface area (TPSA) is 46.6 Å². The summed E-state index contributed by atoms with van der Waals surface area (Å²) >= 11 is 0. The molecule has 2 rings (SSSR count). The first-order valence-electron chi connectivity index (χ1n) is 8.65. The van der Waals surface area contributed by atoms with Crippen molar-refractivity contribution in [3.05, 3.63) is 71.8 Å². The molecular formula is C21H25NO3. The van der Waals surface area contributed by atoms with Gasteiger partial charge in [-0.05, 0) is 31.4 Å². The zero-order valence-corrected chi connectivity index (χ0v) is 14.9. The van der Waals surface area contributed by atoms with Crippen LogP contribution in [-0.2, 0) is 27.3 Å². The molecule has 1 amide bonds. The summed E-state index contributed by atoms with van der Waals surface area (Å²) in [6.07, 6.45) is 1.01. The molecule has 25 heavy (non-hydrogen) atoms. The van der Waals surface area contributed by atoms with Crippen LogP contribution in [0.15, 0.2) is 60.7 Å². The van der Waals surface area contributed by atoms with Crippen molar-refractivity contribution < 1.29 is 14.3 Å². The third kappa shape index (κ3) is 5.75. The van der Waals surface area contributed by atoms with Crippen molar-refractivity contribution in [3.63, 3.8) is 0 Å². The maximum Gasteiger partial charge on any atom is 0.328 e. The molecule has 0 saturated heterocycles. The lowest BCUT2D eigenvalue weighted by Gasteiger charge is -2.28. The quantitative estimate of drug-likeness (QED) is 0.690. The van der Waals surface area contributed by atoms with E-state index in [0.29, 0.717) is 26.0 Å². The van der Waals surface area contributed by atoms with E-state index in [1.54, 1.807) is 18.7 Å². The van der Waals surface area contributed by atoms with Gasteiger partial charge in [0.05, 0.1) is 6.61 Å². The average molecular weight is 339 g/mol. The highest BCUT2D eigenvalue weighted by molar-refractivity contribution is 5.84. The fourth-order valence-corrected chi connectivity index (χ4v) is 2.65. The fraction of sp³-hybridized carbons (Fsp3) is 0.333. The molecule has 132 valence electrons. The van der Waals surface area contributed by atoms with E-state index < -0.39 is 6.04 Å². The second kappa shape index (κ2) is 9.62. The summed E-state index contributed by atoms with van der Waals surface area (Å²) in [4.78, 5) is 26.5. The van der Waals surface area contributed by atoms with Gasteiger partial charge in [-0.15, -0.1) is 0 Å². The second-order valence-corrected chi connectivity index (χ2v) is 5.92. The van der Waals surface area contributed by atoms with Crippen LogP contribution in [0, 0.1) is 0 Å². The number of esters is 1. The normalized spacial score (nSPS) is 11.6. The highest BCUT2D eigenvalue weighted by atomic mass is 16.5. The number of aryl methyl sites for hydroxylation is 1.